The van der Waals surface area contributed by atoms with Crippen molar-refractivity contribution in [1.29, 1.82) is 0 Å². The van der Waals surface area contributed by atoms with Crippen LogP contribution < -0.4 is 11.1 Å². The SMILES string of the molecule is NCc1cc(CNCCOCC2CC2)ccn1. The van der Waals surface area contributed by atoms with Gasteiger partial charge in [0, 0.05) is 32.4 Å². The number of nitrogens with zero attached hydrogens (tertiary/aromatic N) is 1. The standard InChI is InChI=1S/C13H21N3O/c14-8-13-7-12(3-4-16-13)9-15-5-6-17-10-11-1-2-11/h3-4,7,11,15H,1-2,5-6,8-10,14H2. The largest absolute Gasteiger partial charge is 0.380 e. The van der Waals surface area contributed by atoms with Crippen molar-refractivity contribution in [2.45, 2.75) is 25.9 Å². The number of hydrogen-bond donors (Lipinski definition) is 2. The fraction of sp³-hybridized carbons (Fsp3) is 0.615. The molecule has 0 unspecified atom stereocenters. The van der Waals surface area contributed by atoms with Crippen molar-refractivity contribution < 1.29 is 4.74 Å². The molecule has 1 aliphatic carbocycles. The lowest BCUT2D eigenvalue weighted by atomic mass is 10.2. The average Bonchev–Trinajstić information content (AvgIpc) is 3.18. The lowest BCUT2D eigenvalue weighted by Gasteiger charge is -2.06. The molecule has 0 radical (unpaired) electrons. The smallest absolute Gasteiger partial charge is 0.0591 e. The second-order valence-electron chi connectivity index (χ2n) is 4.55. The van der Waals surface area contributed by atoms with Gasteiger partial charge in [0.05, 0.1) is 12.3 Å². The van der Waals surface area contributed by atoms with Crippen LogP contribution in [0.5, 0.6) is 0 Å². The molecule has 2 rings (SSSR count). The summed E-state index contributed by atoms with van der Waals surface area (Å²) in [4.78, 5) is 4.16. The molecule has 1 aromatic heterocycles. The molecule has 1 fully saturated rings. The summed E-state index contributed by atoms with van der Waals surface area (Å²) in [6, 6.07) is 4.05. The Kier molecular flexibility index (Phi) is 4.91. The number of rotatable bonds is 8. The van der Waals surface area contributed by atoms with Gasteiger partial charge in [0.1, 0.15) is 0 Å². The molecule has 1 saturated carbocycles. The molecule has 4 heteroatoms. The van der Waals surface area contributed by atoms with Crippen molar-refractivity contribution in [3.8, 4) is 0 Å². The Hall–Kier alpha value is -0.970. The lowest BCUT2D eigenvalue weighted by Crippen LogP contribution is -2.20. The maximum atomic E-state index is 5.55. The highest BCUT2D eigenvalue weighted by atomic mass is 16.5. The molecule has 0 aromatic carbocycles. The number of nitrogens with two attached hydrogens (primary N) is 1. The van der Waals surface area contributed by atoms with E-state index in [2.05, 4.69) is 10.3 Å². The number of aromatic nitrogens is 1. The Morgan fingerprint density at radius 2 is 2.35 bits per heavy atom. The van der Waals surface area contributed by atoms with E-state index in [1.54, 1.807) is 0 Å². The van der Waals surface area contributed by atoms with Crippen LogP contribution in [-0.4, -0.2) is 24.7 Å². The van der Waals surface area contributed by atoms with Crippen molar-refractivity contribution in [3.05, 3.63) is 29.6 Å². The van der Waals surface area contributed by atoms with E-state index in [0.29, 0.717) is 6.54 Å². The highest BCUT2D eigenvalue weighted by Gasteiger charge is 2.20. The van der Waals surface area contributed by atoms with E-state index in [1.165, 1.54) is 18.4 Å². The van der Waals surface area contributed by atoms with E-state index in [4.69, 9.17) is 10.5 Å². The molecule has 0 amide bonds. The van der Waals surface area contributed by atoms with E-state index in [0.717, 1.165) is 37.9 Å². The summed E-state index contributed by atoms with van der Waals surface area (Å²) in [5, 5.41) is 3.35. The van der Waals surface area contributed by atoms with Crippen LogP contribution in [0.3, 0.4) is 0 Å². The number of hydrogen-bond acceptors (Lipinski definition) is 4. The third-order valence-corrected chi connectivity index (χ3v) is 2.89. The summed E-state index contributed by atoms with van der Waals surface area (Å²) >= 11 is 0. The molecular formula is C13H21N3O. The van der Waals surface area contributed by atoms with Crippen LogP contribution >= 0.6 is 0 Å². The molecule has 94 valence electrons. The zero-order chi connectivity index (χ0) is 11.9. The van der Waals surface area contributed by atoms with Gasteiger partial charge in [0.15, 0.2) is 0 Å². The third-order valence-electron chi connectivity index (χ3n) is 2.89. The van der Waals surface area contributed by atoms with Crippen molar-refractivity contribution >= 4 is 0 Å². The van der Waals surface area contributed by atoms with Crippen LogP contribution in [0.2, 0.25) is 0 Å². The summed E-state index contributed by atoms with van der Waals surface area (Å²) in [5.41, 5.74) is 7.71. The van der Waals surface area contributed by atoms with Crippen LogP contribution in [-0.2, 0) is 17.8 Å². The Balaban J connectivity index is 1.56. The first-order valence-electron chi connectivity index (χ1n) is 6.31. The van der Waals surface area contributed by atoms with Crippen LogP contribution in [0.25, 0.3) is 0 Å². The van der Waals surface area contributed by atoms with E-state index in [1.807, 2.05) is 18.3 Å². The predicted molar refractivity (Wildman–Crippen MR) is 67.4 cm³/mol. The number of ether oxygens (including phenoxy) is 1. The van der Waals surface area contributed by atoms with E-state index in [-0.39, 0.29) is 0 Å². The van der Waals surface area contributed by atoms with Gasteiger partial charge in [0.2, 0.25) is 0 Å². The normalized spacial score (nSPS) is 15.1. The van der Waals surface area contributed by atoms with Gasteiger partial charge in [-0.05, 0) is 36.5 Å². The zero-order valence-electron chi connectivity index (χ0n) is 10.2. The van der Waals surface area contributed by atoms with Crippen LogP contribution in [0, 0.1) is 5.92 Å². The predicted octanol–water partition coefficient (Wildman–Crippen LogP) is 1.06. The minimum Gasteiger partial charge on any atom is -0.380 e. The lowest BCUT2D eigenvalue weighted by molar-refractivity contribution is 0.126. The molecule has 17 heavy (non-hydrogen) atoms. The fourth-order valence-corrected chi connectivity index (χ4v) is 1.66. The highest BCUT2D eigenvalue weighted by Crippen LogP contribution is 2.28. The minimum atomic E-state index is 0.498. The highest BCUT2D eigenvalue weighted by molar-refractivity contribution is 5.15. The monoisotopic (exact) mass is 235 g/mol. The van der Waals surface area contributed by atoms with Gasteiger partial charge in [-0.2, -0.15) is 0 Å². The first kappa shape index (κ1) is 12.5. The van der Waals surface area contributed by atoms with E-state index < -0.39 is 0 Å². The molecule has 1 aromatic rings. The van der Waals surface area contributed by atoms with Gasteiger partial charge in [-0.15, -0.1) is 0 Å². The van der Waals surface area contributed by atoms with Crippen LogP contribution in [0.4, 0.5) is 0 Å². The summed E-state index contributed by atoms with van der Waals surface area (Å²) in [6.07, 6.45) is 4.52. The fourth-order valence-electron chi connectivity index (χ4n) is 1.66. The molecular weight excluding hydrogens is 214 g/mol. The first-order chi connectivity index (χ1) is 8.38. The van der Waals surface area contributed by atoms with Gasteiger partial charge >= 0.3 is 0 Å². The minimum absolute atomic E-state index is 0.498. The average molecular weight is 235 g/mol. The molecule has 0 aliphatic heterocycles. The molecule has 3 N–H and O–H groups in total. The molecule has 4 nitrogen and oxygen atoms in total. The Morgan fingerprint density at radius 1 is 1.47 bits per heavy atom. The molecule has 0 saturated heterocycles. The first-order valence-corrected chi connectivity index (χ1v) is 6.31. The van der Waals surface area contributed by atoms with Gasteiger partial charge in [-0.25, -0.2) is 0 Å². The Bertz CT molecular complexity index is 339. The van der Waals surface area contributed by atoms with Crippen molar-refractivity contribution in [2.24, 2.45) is 11.7 Å². The van der Waals surface area contributed by atoms with Gasteiger partial charge < -0.3 is 15.8 Å². The second kappa shape index (κ2) is 6.69. The topological polar surface area (TPSA) is 60.2 Å². The van der Waals surface area contributed by atoms with Gasteiger partial charge in [-0.3, -0.25) is 4.98 Å². The van der Waals surface area contributed by atoms with Gasteiger partial charge in [-0.1, -0.05) is 0 Å². The number of pyridine rings is 1. The Morgan fingerprint density at radius 3 is 3.12 bits per heavy atom. The molecule has 0 bridgehead atoms. The molecule has 0 spiro atoms. The molecule has 1 aliphatic rings. The van der Waals surface area contributed by atoms with E-state index in [9.17, 15) is 0 Å². The molecule has 1 heterocycles. The zero-order valence-corrected chi connectivity index (χ0v) is 10.2. The summed E-state index contributed by atoms with van der Waals surface area (Å²) < 4.78 is 5.55. The van der Waals surface area contributed by atoms with Crippen molar-refractivity contribution in [3.63, 3.8) is 0 Å². The third kappa shape index (κ3) is 4.81. The van der Waals surface area contributed by atoms with Gasteiger partial charge in [0.25, 0.3) is 0 Å². The molecule has 0 atom stereocenters. The second-order valence-corrected chi connectivity index (χ2v) is 4.55. The summed E-state index contributed by atoms with van der Waals surface area (Å²) in [6.45, 7) is 3.98. The summed E-state index contributed by atoms with van der Waals surface area (Å²) in [5.74, 6) is 0.849. The van der Waals surface area contributed by atoms with Crippen molar-refractivity contribution in [1.82, 2.24) is 10.3 Å². The van der Waals surface area contributed by atoms with Crippen LogP contribution in [0.1, 0.15) is 24.1 Å². The van der Waals surface area contributed by atoms with E-state index >= 15 is 0 Å². The maximum Gasteiger partial charge on any atom is 0.0591 e. The maximum absolute atomic E-state index is 5.55. The van der Waals surface area contributed by atoms with Crippen molar-refractivity contribution in [2.75, 3.05) is 19.8 Å². The Labute approximate surface area is 103 Å². The summed E-state index contributed by atoms with van der Waals surface area (Å²) in [7, 11) is 0. The number of nitrogens with one attached hydrogen (secondary N) is 1. The van der Waals surface area contributed by atoms with Crippen LogP contribution in [0.15, 0.2) is 18.3 Å². The quantitative estimate of drug-likeness (QED) is 0.661.